The predicted octanol–water partition coefficient (Wildman–Crippen LogP) is 9.99. The summed E-state index contributed by atoms with van der Waals surface area (Å²) in [4.78, 5) is 41.8. The van der Waals surface area contributed by atoms with Crippen LogP contribution in [0, 0.1) is 20.9 Å². The lowest BCUT2D eigenvalue weighted by atomic mass is 9.63. The molecule has 1 aliphatic heterocycles. The minimum absolute atomic E-state index is 0.0453. The number of rotatable bonds is 7. The van der Waals surface area contributed by atoms with E-state index in [0.717, 1.165) is 23.0 Å². The van der Waals surface area contributed by atoms with Gasteiger partial charge in [0.1, 0.15) is 5.75 Å². The van der Waals surface area contributed by atoms with E-state index in [9.17, 15) is 32.9 Å². The Kier molecular flexibility index (Phi) is 8.76. The number of hydrogen-bond acceptors (Lipinski definition) is 6. The van der Waals surface area contributed by atoms with Crippen molar-refractivity contribution in [1.29, 1.82) is 0 Å². The number of alkyl halides is 3. The Balaban J connectivity index is 1.55. The molecule has 3 aromatic rings. The zero-order valence-corrected chi connectivity index (χ0v) is 28.4. The average molecular weight is 693 g/mol. The van der Waals surface area contributed by atoms with Gasteiger partial charge in [0.2, 0.25) is 5.75 Å². The van der Waals surface area contributed by atoms with Crippen LogP contribution in [0.3, 0.4) is 0 Å². The molecule has 0 aromatic heterocycles. The van der Waals surface area contributed by atoms with Crippen molar-refractivity contribution in [2.75, 3.05) is 6.54 Å². The van der Waals surface area contributed by atoms with E-state index < -0.39 is 34.0 Å². The average Bonchev–Trinajstić information content (AvgIpc) is 2.99. The third kappa shape index (κ3) is 6.88. The van der Waals surface area contributed by atoms with Crippen LogP contribution in [0.2, 0.25) is 5.02 Å². The molecular formula is C38H36ClF3N2O5. The van der Waals surface area contributed by atoms with Crippen LogP contribution in [0.4, 0.5) is 18.9 Å². The van der Waals surface area contributed by atoms with E-state index in [4.69, 9.17) is 16.3 Å². The third-order valence-corrected chi connectivity index (χ3v) is 9.71. The Bertz CT molecular complexity index is 1880. The molecule has 6 rings (SSSR count). The van der Waals surface area contributed by atoms with Crippen molar-refractivity contribution in [3.63, 3.8) is 0 Å². The summed E-state index contributed by atoms with van der Waals surface area (Å²) < 4.78 is 46.5. The lowest BCUT2D eigenvalue weighted by Gasteiger charge is -2.49. The van der Waals surface area contributed by atoms with Gasteiger partial charge in [-0.3, -0.25) is 19.7 Å². The van der Waals surface area contributed by atoms with Crippen molar-refractivity contribution in [1.82, 2.24) is 4.90 Å². The van der Waals surface area contributed by atoms with Gasteiger partial charge in [-0.05, 0) is 66.0 Å². The summed E-state index contributed by atoms with van der Waals surface area (Å²) in [6.45, 7) is 8.69. The quantitative estimate of drug-likeness (QED) is 0.181. The number of nitro groups is 1. The van der Waals surface area contributed by atoms with Gasteiger partial charge in [-0.15, -0.1) is 0 Å². The highest BCUT2D eigenvalue weighted by Gasteiger charge is 2.49. The molecule has 11 heteroatoms. The Labute approximate surface area is 287 Å². The molecule has 49 heavy (non-hydrogen) atoms. The van der Waals surface area contributed by atoms with Crippen LogP contribution >= 0.6 is 11.6 Å². The molecule has 2 aliphatic carbocycles. The summed E-state index contributed by atoms with van der Waals surface area (Å²) in [6, 6.07) is 16.6. The summed E-state index contributed by atoms with van der Waals surface area (Å²) >= 11 is 6.55. The highest BCUT2D eigenvalue weighted by Crippen LogP contribution is 2.56. The van der Waals surface area contributed by atoms with Crippen LogP contribution in [0.5, 0.6) is 11.5 Å². The molecule has 0 amide bonds. The number of carbonyl (C=O) groups excluding carboxylic acids is 2. The number of nitrogens with zero attached hydrogens (tertiary/aromatic N) is 2. The van der Waals surface area contributed by atoms with Crippen LogP contribution < -0.4 is 4.74 Å². The highest BCUT2D eigenvalue weighted by atomic mass is 35.5. The molecule has 7 nitrogen and oxygen atoms in total. The van der Waals surface area contributed by atoms with E-state index >= 15 is 0 Å². The molecule has 0 radical (unpaired) electrons. The van der Waals surface area contributed by atoms with Gasteiger partial charge in [0.15, 0.2) is 11.6 Å². The molecule has 0 N–H and O–H groups in total. The summed E-state index contributed by atoms with van der Waals surface area (Å²) in [7, 11) is 0. The molecule has 0 fully saturated rings. The maximum absolute atomic E-state index is 14.3. The third-order valence-electron chi connectivity index (χ3n) is 9.47. The fraction of sp³-hybridized carbons (Fsp3) is 0.368. The number of allylic oxidation sites excluding steroid dienone is 4. The van der Waals surface area contributed by atoms with Crippen LogP contribution in [-0.2, 0) is 22.2 Å². The van der Waals surface area contributed by atoms with Gasteiger partial charge in [0.25, 0.3) is 0 Å². The first-order valence-corrected chi connectivity index (χ1v) is 16.5. The smallest absolute Gasteiger partial charge is 0.416 e. The molecule has 1 heterocycles. The number of nitro benzene ring substituents is 1. The van der Waals surface area contributed by atoms with E-state index in [-0.39, 0.29) is 46.0 Å². The number of carbonyl (C=O) groups is 2. The maximum Gasteiger partial charge on any atom is 0.416 e. The molecule has 0 spiro atoms. The van der Waals surface area contributed by atoms with E-state index in [1.807, 2.05) is 58.0 Å². The fourth-order valence-corrected chi connectivity index (χ4v) is 7.57. The Hall–Kier alpha value is -4.44. The topological polar surface area (TPSA) is 89.8 Å². The minimum Gasteiger partial charge on any atom is -0.450 e. The Morgan fingerprint density at radius 3 is 1.98 bits per heavy atom. The zero-order chi connectivity index (χ0) is 35.5. The number of hydrogen-bond donors (Lipinski definition) is 0. The summed E-state index contributed by atoms with van der Waals surface area (Å²) in [5.74, 6) is -1.53. The standard InChI is InChI=1S/C38H36ClF3N2O5/c1-36(2)18-27-34(29(45)20-36)33(35-28(19-37(3,4)21-30(35)46)43(27)15-14-22-8-6-5-7-9-22)25-17-24(39)11-13-31(25)49-32-12-10-23(38(40,41)42)16-26(32)44(47)48/h5-13,16-17,33H,14-15,18-21H2,1-4H3. The second-order valence-electron chi connectivity index (χ2n) is 14.6. The fourth-order valence-electron chi connectivity index (χ4n) is 7.39. The van der Waals surface area contributed by atoms with Gasteiger partial charge in [0, 0.05) is 64.5 Å². The van der Waals surface area contributed by atoms with Gasteiger partial charge in [-0.2, -0.15) is 13.2 Å². The van der Waals surface area contributed by atoms with E-state index in [1.54, 1.807) is 6.07 Å². The van der Waals surface area contributed by atoms with E-state index in [1.165, 1.54) is 12.1 Å². The van der Waals surface area contributed by atoms with Crippen molar-refractivity contribution in [3.05, 3.63) is 121 Å². The first-order chi connectivity index (χ1) is 22.9. The van der Waals surface area contributed by atoms with Crippen molar-refractivity contribution in [2.24, 2.45) is 10.8 Å². The largest absolute Gasteiger partial charge is 0.450 e. The van der Waals surface area contributed by atoms with Crippen molar-refractivity contribution in [2.45, 2.75) is 71.9 Å². The van der Waals surface area contributed by atoms with Crippen LogP contribution in [0.1, 0.15) is 76.0 Å². The van der Waals surface area contributed by atoms with Gasteiger partial charge in [-0.25, -0.2) is 0 Å². The number of ketones is 2. The lowest BCUT2D eigenvalue weighted by Crippen LogP contribution is -2.45. The molecular weight excluding hydrogens is 657 g/mol. The first-order valence-electron chi connectivity index (χ1n) is 16.1. The summed E-state index contributed by atoms with van der Waals surface area (Å²) in [5, 5.41) is 12.2. The second-order valence-corrected chi connectivity index (χ2v) is 15.1. The van der Waals surface area contributed by atoms with Crippen molar-refractivity contribution >= 4 is 28.9 Å². The highest BCUT2D eigenvalue weighted by molar-refractivity contribution is 6.30. The van der Waals surface area contributed by atoms with Crippen LogP contribution in [0.15, 0.2) is 89.3 Å². The van der Waals surface area contributed by atoms with Crippen molar-refractivity contribution in [3.8, 4) is 11.5 Å². The second kappa shape index (κ2) is 12.5. The minimum atomic E-state index is -4.81. The van der Waals surface area contributed by atoms with Gasteiger partial charge in [0.05, 0.1) is 10.5 Å². The number of halogens is 4. The molecule has 0 atom stereocenters. The zero-order valence-electron chi connectivity index (χ0n) is 27.6. The predicted molar refractivity (Wildman–Crippen MR) is 179 cm³/mol. The SMILES string of the molecule is CC1(C)CC(=O)C2=C(C1)N(CCc1ccccc1)C1=C(C(=O)CC(C)(C)C1)C2c1cc(Cl)ccc1Oc1ccc(C(F)(F)F)cc1[N+](=O)[O-]. The van der Waals surface area contributed by atoms with Crippen molar-refractivity contribution < 1.29 is 32.4 Å². The molecule has 0 unspecified atom stereocenters. The number of benzene rings is 3. The van der Waals surface area contributed by atoms with Gasteiger partial charge in [-0.1, -0.05) is 69.6 Å². The van der Waals surface area contributed by atoms with E-state index in [2.05, 4.69) is 4.90 Å². The summed E-state index contributed by atoms with van der Waals surface area (Å²) in [6.07, 6.45) is -2.54. The molecule has 0 saturated heterocycles. The van der Waals surface area contributed by atoms with Gasteiger partial charge >= 0.3 is 11.9 Å². The number of ether oxygens (including phenoxy) is 1. The Morgan fingerprint density at radius 2 is 1.43 bits per heavy atom. The molecule has 0 saturated carbocycles. The van der Waals surface area contributed by atoms with Crippen LogP contribution in [0.25, 0.3) is 0 Å². The molecule has 0 bridgehead atoms. The molecule has 256 valence electrons. The Morgan fingerprint density at radius 1 is 0.857 bits per heavy atom. The number of Topliss-reactive ketones (excluding diaryl/α,β-unsaturated/α-hetero) is 2. The summed E-state index contributed by atoms with van der Waals surface area (Å²) in [5.41, 5.74) is 1.18. The maximum atomic E-state index is 14.3. The molecule has 3 aromatic carbocycles. The monoisotopic (exact) mass is 692 g/mol. The van der Waals surface area contributed by atoms with Crippen LogP contribution in [-0.4, -0.2) is 27.9 Å². The van der Waals surface area contributed by atoms with Gasteiger partial charge < -0.3 is 9.64 Å². The van der Waals surface area contributed by atoms with E-state index in [0.29, 0.717) is 54.6 Å². The lowest BCUT2D eigenvalue weighted by molar-refractivity contribution is -0.385. The molecule has 3 aliphatic rings. The normalized spacial score (nSPS) is 19.1. The first kappa shape index (κ1) is 34.4.